The molecule has 30 heavy (non-hydrogen) atoms. The summed E-state index contributed by atoms with van der Waals surface area (Å²) in [6.07, 6.45) is 6.81. The fourth-order valence-corrected chi connectivity index (χ4v) is 3.73. The number of H-pyrrole nitrogens is 1. The summed E-state index contributed by atoms with van der Waals surface area (Å²) in [7, 11) is 0. The molecule has 0 amide bonds. The van der Waals surface area contributed by atoms with Crippen molar-refractivity contribution in [1.29, 1.82) is 0 Å². The van der Waals surface area contributed by atoms with Crippen LogP contribution in [0.5, 0.6) is 0 Å². The second kappa shape index (κ2) is 7.22. The SMILES string of the molecule is CCn1c(Cn2ccnc2-c2cc(F)ccc2F)nc2cc(-c3ncc[nH]3)ccc21. The number of aromatic nitrogens is 6. The molecule has 3 heterocycles. The third-order valence-corrected chi connectivity index (χ3v) is 5.11. The molecule has 0 saturated heterocycles. The molecule has 5 aromatic rings. The molecule has 0 aliphatic rings. The zero-order chi connectivity index (χ0) is 20.7. The molecule has 3 aromatic heterocycles. The maximum absolute atomic E-state index is 14.3. The van der Waals surface area contributed by atoms with Crippen molar-refractivity contribution in [3.8, 4) is 22.8 Å². The van der Waals surface area contributed by atoms with E-state index in [-0.39, 0.29) is 5.56 Å². The van der Waals surface area contributed by atoms with Crippen LogP contribution in [0.25, 0.3) is 33.8 Å². The molecule has 1 N–H and O–H groups in total. The van der Waals surface area contributed by atoms with E-state index in [2.05, 4.69) is 19.5 Å². The molecule has 150 valence electrons. The van der Waals surface area contributed by atoms with Gasteiger partial charge in [0.25, 0.3) is 0 Å². The van der Waals surface area contributed by atoms with E-state index in [1.54, 1.807) is 29.4 Å². The molecule has 0 bridgehead atoms. The summed E-state index contributed by atoms with van der Waals surface area (Å²) in [6.45, 7) is 3.15. The molecule has 6 nitrogen and oxygen atoms in total. The van der Waals surface area contributed by atoms with Crippen LogP contribution in [0.1, 0.15) is 12.7 Å². The maximum atomic E-state index is 14.3. The van der Waals surface area contributed by atoms with E-state index in [1.807, 2.05) is 25.1 Å². The van der Waals surface area contributed by atoms with Crippen LogP contribution < -0.4 is 0 Å². The summed E-state index contributed by atoms with van der Waals surface area (Å²) >= 11 is 0. The van der Waals surface area contributed by atoms with Crippen molar-refractivity contribution in [2.75, 3.05) is 0 Å². The molecular formula is C22H18F2N6. The molecular weight excluding hydrogens is 386 g/mol. The Hall–Kier alpha value is -3.81. The number of nitrogens with zero attached hydrogens (tertiary/aromatic N) is 5. The van der Waals surface area contributed by atoms with Crippen molar-refractivity contribution >= 4 is 11.0 Å². The van der Waals surface area contributed by atoms with Gasteiger partial charge in [-0.2, -0.15) is 0 Å². The van der Waals surface area contributed by atoms with Gasteiger partial charge < -0.3 is 14.1 Å². The number of fused-ring (bicyclic) bond motifs is 1. The summed E-state index contributed by atoms with van der Waals surface area (Å²) in [5.41, 5.74) is 2.92. The highest BCUT2D eigenvalue weighted by Gasteiger charge is 2.16. The first-order valence-corrected chi connectivity index (χ1v) is 9.59. The van der Waals surface area contributed by atoms with Crippen molar-refractivity contribution in [2.45, 2.75) is 20.0 Å². The number of hydrogen-bond acceptors (Lipinski definition) is 3. The van der Waals surface area contributed by atoms with Crippen LogP contribution in [-0.4, -0.2) is 29.1 Å². The quantitative estimate of drug-likeness (QED) is 0.464. The number of imidazole rings is 3. The van der Waals surface area contributed by atoms with E-state index in [9.17, 15) is 8.78 Å². The molecule has 0 fully saturated rings. The fourth-order valence-electron chi connectivity index (χ4n) is 3.73. The van der Waals surface area contributed by atoms with Crippen molar-refractivity contribution in [3.63, 3.8) is 0 Å². The van der Waals surface area contributed by atoms with Gasteiger partial charge in [0.05, 0.1) is 23.1 Å². The lowest BCUT2D eigenvalue weighted by Crippen LogP contribution is -2.09. The Morgan fingerprint density at radius 2 is 1.93 bits per heavy atom. The van der Waals surface area contributed by atoms with Crippen LogP contribution in [-0.2, 0) is 13.1 Å². The summed E-state index contributed by atoms with van der Waals surface area (Å²) in [6, 6.07) is 9.38. The molecule has 5 rings (SSSR count). The monoisotopic (exact) mass is 404 g/mol. The number of rotatable bonds is 5. The van der Waals surface area contributed by atoms with Gasteiger partial charge in [0, 0.05) is 36.9 Å². The molecule has 0 saturated carbocycles. The zero-order valence-corrected chi connectivity index (χ0v) is 16.2. The highest BCUT2D eigenvalue weighted by molar-refractivity contribution is 5.81. The lowest BCUT2D eigenvalue weighted by atomic mass is 10.2. The number of benzene rings is 2. The number of hydrogen-bond donors (Lipinski definition) is 1. The first-order chi connectivity index (χ1) is 14.6. The number of halogens is 2. The smallest absolute Gasteiger partial charge is 0.143 e. The third kappa shape index (κ3) is 3.06. The Morgan fingerprint density at radius 3 is 2.73 bits per heavy atom. The van der Waals surface area contributed by atoms with Crippen molar-refractivity contribution < 1.29 is 8.78 Å². The lowest BCUT2D eigenvalue weighted by molar-refractivity contribution is 0.599. The molecule has 0 aliphatic heterocycles. The van der Waals surface area contributed by atoms with Gasteiger partial charge in [-0.3, -0.25) is 0 Å². The molecule has 8 heteroatoms. The number of aryl methyl sites for hydroxylation is 1. The Bertz CT molecular complexity index is 1330. The van der Waals surface area contributed by atoms with Gasteiger partial charge in [0.1, 0.15) is 29.1 Å². The summed E-state index contributed by atoms with van der Waals surface area (Å²) in [4.78, 5) is 16.5. The Balaban J connectivity index is 1.56. The first kappa shape index (κ1) is 18.2. The number of nitrogens with one attached hydrogen (secondary N) is 1. The van der Waals surface area contributed by atoms with Crippen LogP contribution >= 0.6 is 0 Å². The lowest BCUT2D eigenvalue weighted by Gasteiger charge is -2.10. The van der Waals surface area contributed by atoms with Gasteiger partial charge >= 0.3 is 0 Å². The van der Waals surface area contributed by atoms with Gasteiger partial charge in [0.2, 0.25) is 0 Å². The molecule has 0 spiro atoms. The zero-order valence-electron chi connectivity index (χ0n) is 16.2. The van der Waals surface area contributed by atoms with Gasteiger partial charge in [-0.05, 0) is 43.3 Å². The van der Waals surface area contributed by atoms with Gasteiger partial charge in [0.15, 0.2) is 0 Å². The Morgan fingerprint density at radius 1 is 1.03 bits per heavy atom. The van der Waals surface area contributed by atoms with E-state index in [4.69, 9.17) is 4.98 Å². The van der Waals surface area contributed by atoms with E-state index in [0.29, 0.717) is 12.4 Å². The van der Waals surface area contributed by atoms with Crippen molar-refractivity contribution in [2.24, 2.45) is 0 Å². The minimum Gasteiger partial charge on any atom is -0.345 e. The average Bonchev–Trinajstić information content (AvgIpc) is 3.49. The second-order valence-electron chi connectivity index (χ2n) is 6.92. The minimum absolute atomic E-state index is 0.124. The molecule has 0 atom stereocenters. The summed E-state index contributed by atoms with van der Waals surface area (Å²) < 4.78 is 31.9. The summed E-state index contributed by atoms with van der Waals surface area (Å²) in [5, 5.41) is 0. The highest BCUT2D eigenvalue weighted by atomic mass is 19.1. The van der Waals surface area contributed by atoms with Crippen molar-refractivity contribution in [3.05, 3.63) is 78.6 Å². The predicted molar refractivity (Wildman–Crippen MR) is 110 cm³/mol. The van der Waals surface area contributed by atoms with E-state index >= 15 is 0 Å². The van der Waals surface area contributed by atoms with Crippen molar-refractivity contribution in [1.82, 2.24) is 29.1 Å². The Kier molecular flexibility index (Phi) is 4.39. The van der Waals surface area contributed by atoms with Crippen LogP contribution in [0.15, 0.2) is 61.2 Å². The molecule has 0 aliphatic carbocycles. The van der Waals surface area contributed by atoms with E-state index in [1.165, 1.54) is 0 Å². The molecule has 0 radical (unpaired) electrons. The van der Waals surface area contributed by atoms with Crippen LogP contribution in [0.2, 0.25) is 0 Å². The summed E-state index contributed by atoms with van der Waals surface area (Å²) in [5.74, 6) is 0.921. The minimum atomic E-state index is -0.518. The number of aromatic amines is 1. The third-order valence-electron chi connectivity index (χ3n) is 5.11. The first-order valence-electron chi connectivity index (χ1n) is 9.59. The van der Waals surface area contributed by atoms with Gasteiger partial charge in [-0.15, -0.1) is 0 Å². The molecule has 0 unspecified atom stereocenters. The highest BCUT2D eigenvalue weighted by Crippen LogP contribution is 2.26. The topological polar surface area (TPSA) is 64.3 Å². The predicted octanol–water partition coefficient (Wildman–Crippen LogP) is 4.64. The average molecular weight is 404 g/mol. The normalized spacial score (nSPS) is 11.4. The van der Waals surface area contributed by atoms with Crippen LogP contribution in [0.4, 0.5) is 8.78 Å². The van der Waals surface area contributed by atoms with Gasteiger partial charge in [-0.1, -0.05) is 0 Å². The molecule has 2 aromatic carbocycles. The second-order valence-corrected chi connectivity index (χ2v) is 6.92. The van der Waals surface area contributed by atoms with Gasteiger partial charge in [-0.25, -0.2) is 23.7 Å². The largest absolute Gasteiger partial charge is 0.345 e. The van der Waals surface area contributed by atoms with Crippen LogP contribution in [0.3, 0.4) is 0 Å². The van der Waals surface area contributed by atoms with Crippen LogP contribution in [0, 0.1) is 11.6 Å². The standard InChI is InChI=1S/C22H18F2N6/c1-2-30-19-6-3-14(21-25-7-8-26-21)11-18(19)28-20(30)13-29-10-9-27-22(29)16-12-15(23)4-5-17(16)24/h3-12H,2,13H2,1H3,(H,25,26). The Labute approximate surface area is 170 Å². The maximum Gasteiger partial charge on any atom is 0.143 e. The van der Waals surface area contributed by atoms with E-state index < -0.39 is 11.6 Å². The fraction of sp³-hybridized carbons (Fsp3) is 0.136. The van der Waals surface area contributed by atoms with E-state index in [0.717, 1.165) is 53.0 Å².